The summed E-state index contributed by atoms with van der Waals surface area (Å²) in [5.41, 5.74) is 1.55. The molecule has 0 fully saturated rings. The quantitative estimate of drug-likeness (QED) is 0.767. The zero-order chi connectivity index (χ0) is 14.5. The lowest BCUT2D eigenvalue weighted by Gasteiger charge is -2.15. The molecule has 0 saturated heterocycles. The second-order valence-electron chi connectivity index (χ2n) is 4.22. The number of anilines is 1. The Kier molecular flexibility index (Phi) is 5.14. The normalized spacial score (nSPS) is 10.3. The molecule has 0 bridgehead atoms. The van der Waals surface area contributed by atoms with Crippen molar-refractivity contribution in [2.45, 2.75) is 13.5 Å². The average molecular weight is 355 g/mol. The van der Waals surface area contributed by atoms with Gasteiger partial charge in [-0.15, -0.1) is 11.3 Å². The molecule has 106 valence electrons. The summed E-state index contributed by atoms with van der Waals surface area (Å²) >= 11 is 4.85. The van der Waals surface area contributed by atoms with Crippen LogP contribution in [0.4, 0.5) is 5.13 Å². The highest BCUT2D eigenvalue weighted by Gasteiger charge is 2.13. The molecule has 0 saturated carbocycles. The van der Waals surface area contributed by atoms with Crippen molar-refractivity contribution in [3.63, 3.8) is 0 Å². The van der Waals surface area contributed by atoms with Gasteiger partial charge in [0.05, 0.1) is 6.61 Å². The highest BCUT2D eigenvalue weighted by molar-refractivity contribution is 9.10. The highest BCUT2D eigenvalue weighted by Crippen LogP contribution is 2.22. The largest absolute Gasteiger partial charge is 0.461 e. The Morgan fingerprint density at radius 2 is 2.10 bits per heavy atom. The van der Waals surface area contributed by atoms with E-state index in [2.05, 4.69) is 33.0 Å². The lowest BCUT2D eigenvalue weighted by molar-refractivity contribution is 0.0520. The van der Waals surface area contributed by atoms with Gasteiger partial charge in [0, 0.05) is 23.4 Å². The van der Waals surface area contributed by atoms with E-state index < -0.39 is 0 Å². The molecule has 0 amide bonds. The van der Waals surface area contributed by atoms with Gasteiger partial charge in [0.2, 0.25) is 0 Å². The zero-order valence-electron chi connectivity index (χ0n) is 11.3. The third-order valence-corrected chi connectivity index (χ3v) is 4.12. The predicted octanol–water partition coefficient (Wildman–Crippen LogP) is 3.72. The molecule has 0 spiro atoms. The number of halogens is 1. The Hall–Kier alpha value is -1.40. The van der Waals surface area contributed by atoms with Crippen LogP contribution >= 0.6 is 27.3 Å². The van der Waals surface area contributed by atoms with Gasteiger partial charge in [-0.2, -0.15) is 0 Å². The topological polar surface area (TPSA) is 42.4 Å². The van der Waals surface area contributed by atoms with Crippen molar-refractivity contribution in [2.24, 2.45) is 0 Å². The van der Waals surface area contributed by atoms with Crippen LogP contribution in [0.1, 0.15) is 23.0 Å². The summed E-state index contributed by atoms with van der Waals surface area (Å²) in [6.45, 7) is 2.88. The Bertz CT molecular complexity index is 583. The van der Waals surface area contributed by atoms with Gasteiger partial charge in [-0.3, -0.25) is 0 Å². The van der Waals surface area contributed by atoms with Crippen molar-refractivity contribution in [2.75, 3.05) is 18.6 Å². The van der Waals surface area contributed by atoms with Crippen molar-refractivity contribution in [1.82, 2.24) is 4.98 Å². The van der Waals surface area contributed by atoms with Crippen LogP contribution in [-0.4, -0.2) is 24.6 Å². The van der Waals surface area contributed by atoms with E-state index in [-0.39, 0.29) is 5.97 Å². The van der Waals surface area contributed by atoms with Gasteiger partial charge in [-0.05, 0) is 24.6 Å². The first kappa shape index (κ1) is 15.0. The van der Waals surface area contributed by atoms with Crippen LogP contribution < -0.4 is 4.90 Å². The molecule has 1 aromatic heterocycles. The fourth-order valence-corrected chi connectivity index (χ4v) is 2.70. The van der Waals surface area contributed by atoms with Crippen LogP contribution in [0.3, 0.4) is 0 Å². The van der Waals surface area contributed by atoms with Crippen molar-refractivity contribution in [3.8, 4) is 0 Å². The molecule has 0 aliphatic rings. The van der Waals surface area contributed by atoms with Crippen LogP contribution in [0.15, 0.2) is 34.1 Å². The minimum Gasteiger partial charge on any atom is -0.461 e. The molecule has 0 aliphatic carbocycles. The third kappa shape index (κ3) is 3.80. The molecule has 0 N–H and O–H groups in total. The standard InChI is InChI=1S/C14H15BrN2O2S/c1-3-19-13(18)12-9-20-14(16-12)17(2)8-10-4-6-11(15)7-5-10/h4-7,9H,3,8H2,1-2H3. The molecule has 0 aliphatic heterocycles. The molecule has 1 aromatic carbocycles. The first-order valence-electron chi connectivity index (χ1n) is 6.18. The Morgan fingerprint density at radius 1 is 1.40 bits per heavy atom. The smallest absolute Gasteiger partial charge is 0.357 e. The SMILES string of the molecule is CCOC(=O)c1csc(N(C)Cc2ccc(Br)cc2)n1. The Labute approximate surface area is 130 Å². The van der Waals surface area contributed by atoms with E-state index in [1.165, 1.54) is 16.9 Å². The zero-order valence-corrected chi connectivity index (χ0v) is 13.7. The van der Waals surface area contributed by atoms with E-state index in [1.807, 2.05) is 24.1 Å². The van der Waals surface area contributed by atoms with Crippen molar-refractivity contribution < 1.29 is 9.53 Å². The number of carbonyl (C=O) groups is 1. The monoisotopic (exact) mass is 354 g/mol. The summed E-state index contributed by atoms with van der Waals surface area (Å²) in [7, 11) is 1.95. The first-order chi connectivity index (χ1) is 9.60. The Morgan fingerprint density at radius 3 is 2.75 bits per heavy atom. The van der Waals surface area contributed by atoms with E-state index in [0.717, 1.165) is 16.1 Å². The summed E-state index contributed by atoms with van der Waals surface area (Å²) in [5, 5.41) is 2.53. The average Bonchev–Trinajstić information content (AvgIpc) is 2.91. The fraction of sp³-hybridized carbons (Fsp3) is 0.286. The van der Waals surface area contributed by atoms with Crippen LogP contribution in [-0.2, 0) is 11.3 Å². The Balaban J connectivity index is 2.04. The molecule has 2 aromatic rings. The number of nitrogens with zero attached hydrogens (tertiary/aromatic N) is 2. The number of thiazole rings is 1. The summed E-state index contributed by atoms with van der Waals surface area (Å²) in [4.78, 5) is 17.9. The van der Waals surface area contributed by atoms with Crippen LogP contribution in [0.2, 0.25) is 0 Å². The van der Waals surface area contributed by atoms with E-state index in [0.29, 0.717) is 12.3 Å². The van der Waals surface area contributed by atoms with Crippen LogP contribution in [0.25, 0.3) is 0 Å². The number of rotatable bonds is 5. The van der Waals surface area contributed by atoms with Gasteiger partial charge in [-0.25, -0.2) is 9.78 Å². The second kappa shape index (κ2) is 6.85. The predicted molar refractivity (Wildman–Crippen MR) is 84.3 cm³/mol. The second-order valence-corrected chi connectivity index (χ2v) is 5.97. The van der Waals surface area contributed by atoms with Gasteiger partial charge in [0.25, 0.3) is 0 Å². The number of esters is 1. The van der Waals surface area contributed by atoms with E-state index >= 15 is 0 Å². The van der Waals surface area contributed by atoms with Gasteiger partial charge in [0.1, 0.15) is 0 Å². The number of carbonyl (C=O) groups excluding carboxylic acids is 1. The number of ether oxygens (including phenoxy) is 1. The van der Waals surface area contributed by atoms with Gasteiger partial charge in [-0.1, -0.05) is 28.1 Å². The summed E-state index contributed by atoms with van der Waals surface area (Å²) in [5.74, 6) is -0.368. The van der Waals surface area contributed by atoms with E-state index in [9.17, 15) is 4.79 Å². The molecular formula is C14H15BrN2O2S. The maximum absolute atomic E-state index is 11.6. The van der Waals surface area contributed by atoms with Crippen molar-refractivity contribution >= 4 is 38.4 Å². The summed E-state index contributed by atoms with van der Waals surface area (Å²) in [6.07, 6.45) is 0. The third-order valence-electron chi connectivity index (χ3n) is 2.64. The number of benzene rings is 1. The van der Waals surface area contributed by atoms with Gasteiger partial charge >= 0.3 is 5.97 Å². The van der Waals surface area contributed by atoms with Crippen molar-refractivity contribution in [1.29, 1.82) is 0 Å². The lowest BCUT2D eigenvalue weighted by atomic mass is 10.2. The molecule has 6 heteroatoms. The summed E-state index contributed by atoms with van der Waals surface area (Å²) < 4.78 is 5.99. The molecule has 0 unspecified atom stereocenters. The number of hydrogen-bond donors (Lipinski definition) is 0. The number of hydrogen-bond acceptors (Lipinski definition) is 5. The maximum Gasteiger partial charge on any atom is 0.357 e. The van der Waals surface area contributed by atoms with E-state index in [4.69, 9.17) is 4.74 Å². The molecule has 0 atom stereocenters. The molecule has 2 rings (SSSR count). The maximum atomic E-state index is 11.6. The first-order valence-corrected chi connectivity index (χ1v) is 7.85. The van der Waals surface area contributed by atoms with Crippen molar-refractivity contribution in [3.05, 3.63) is 45.4 Å². The summed E-state index contributed by atoms with van der Waals surface area (Å²) in [6, 6.07) is 8.13. The van der Waals surface area contributed by atoms with Crippen LogP contribution in [0.5, 0.6) is 0 Å². The minimum absolute atomic E-state index is 0.362. The molecular weight excluding hydrogens is 340 g/mol. The van der Waals surface area contributed by atoms with E-state index in [1.54, 1.807) is 12.3 Å². The van der Waals surface area contributed by atoms with Gasteiger partial charge in [0.15, 0.2) is 10.8 Å². The lowest BCUT2D eigenvalue weighted by Crippen LogP contribution is -2.16. The fourth-order valence-electron chi connectivity index (χ4n) is 1.67. The number of aromatic nitrogens is 1. The minimum atomic E-state index is -0.368. The molecule has 4 nitrogen and oxygen atoms in total. The molecule has 0 radical (unpaired) electrons. The highest BCUT2D eigenvalue weighted by atomic mass is 79.9. The molecule has 20 heavy (non-hydrogen) atoms. The van der Waals surface area contributed by atoms with Gasteiger partial charge < -0.3 is 9.64 Å². The van der Waals surface area contributed by atoms with Crippen LogP contribution in [0, 0.1) is 0 Å². The molecule has 1 heterocycles.